The lowest BCUT2D eigenvalue weighted by molar-refractivity contribution is -0.152. The summed E-state index contributed by atoms with van der Waals surface area (Å²) in [4.78, 5) is 0. The average molecular weight is 230 g/mol. The van der Waals surface area contributed by atoms with Crippen molar-refractivity contribution in [2.75, 3.05) is 19.8 Å². The van der Waals surface area contributed by atoms with E-state index in [1.807, 2.05) is 20.8 Å². The Kier molecular flexibility index (Phi) is 10.9. The van der Waals surface area contributed by atoms with Gasteiger partial charge in [-0.25, -0.2) is 0 Å². The average Bonchev–Trinajstić information content (AvgIpc) is 2.27. The van der Waals surface area contributed by atoms with E-state index in [9.17, 15) is 0 Å². The second kappa shape index (κ2) is 11.1. The van der Waals surface area contributed by atoms with Gasteiger partial charge in [-0.15, -0.1) is 0 Å². The van der Waals surface area contributed by atoms with Crippen LogP contribution in [0.1, 0.15) is 40.5 Å². The summed E-state index contributed by atoms with van der Waals surface area (Å²) in [5, 5.41) is 0. The molecule has 0 radical (unpaired) electrons. The van der Waals surface area contributed by atoms with Crippen LogP contribution in [0.3, 0.4) is 0 Å². The predicted molar refractivity (Wildman–Crippen MR) is 66.5 cm³/mol. The van der Waals surface area contributed by atoms with Crippen LogP contribution < -0.4 is 0 Å². The Labute approximate surface area is 99.8 Å². The van der Waals surface area contributed by atoms with Gasteiger partial charge in [-0.2, -0.15) is 0 Å². The molecular formula is C13H26O3. The summed E-state index contributed by atoms with van der Waals surface area (Å²) in [5.41, 5.74) is 0. The fourth-order valence-corrected chi connectivity index (χ4v) is 1.45. The van der Waals surface area contributed by atoms with Gasteiger partial charge in [0.05, 0.1) is 6.10 Å². The smallest absolute Gasteiger partial charge is 0.160 e. The molecule has 0 aromatic carbocycles. The molecule has 0 aliphatic rings. The predicted octanol–water partition coefficient (Wildman–Crippen LogP) is 3.15. The second-order valence-corrected chi connectivity index (χ2v) is 3.41. The third-order valence-corrected chi connectivity index (χ3v) is 2.10. The first-order valence-electron chi connectivity index (χ1n) is 6.29. The molecule has 0 aromatic rings. The number of hydrogen-bond acceptors (Lipinski definition) is 3. The quantitative estimate of drug-likeness (QED) is 0.426. The Morgan fingerprint density at radius 1 is 0.875 bits per heavy atom. The SMILES string of the molecule is CC/C=C/C(CC(OCC)OCC)OCC. The van der Waals surface area contributed by atoms with Crippen LogP contribution in [0.5, 0.6) is 0 Å². The molecule has 0 saturated carbocycles. The zero-order valence-electron chi connectivity index (χ0n) is 11.1. The number of rotatable bonds is 10. The van der Waals surface area contributed by atoms with Gasteiger partial charge in [-0.05, 0) is 27.2 Å². The van der Waals surface area contributed by atoms with E-state index in [1.165, 1.54) is 0 Å². The zero-order valence-corrected chi connectivity index (χ0v) is 11.1. The third-order valence-electron chi connectivity index (χ3n) is 2.10. The van der Waals surface area contributed by atoms with E-state index in [-0.39, 0.29) is 12.4 Å². The zero-order chi connectivity index (χ0) is 12.2. The van der Waals surface area contributed by atoms with E-state index in [1.54, 1.807) is 0 Å². The summed E-state index contributed by atoms with van der Waals surface area (Å²) in [6, 6.07) is 0. The lowest BCUT2D eigenvalue weighted by Gasteiger charge is -2.21. The van der Waals surface area contributed by atoms with Crippen LogP contribution in [0.4, 0.5) is 0 Å². The summed E-state index contributed by atoms with van der Waals surface area (Å²) >= 11 is 0. The van der Waals surface area contributed by atoms with Gasteiger partial charge in [0.2, 0.25) is 0 Å². The van der Waals surface area contributed by atoms with Gasteiger partial charge in [-0.3, -0.25) is 0 Å². The van der Waals surface area contributed by atoms with Gasteiger partial charge in [0.25, 0.3) is 0 Å². The largest absolute Gasteiger partial charge is 0.374 e. The van der Waals surface area contributed by atoms with Crippen LogP contribution >= 0.6 is 0 Å². The molecule has 0 aromatic heterocycles. The van der Waals surface area contributed by atoms with Crippen LogP contribution in [-0.2, 0) is 14.2 Å². The molecule has 1 unspecified atom stereocenters. The van der Waals surface area contributed by atoms with Crippen molar-refractivity contribution in [1.29, 1.82) is 0 Å². The molecule has 3 nitrogen and oxygen atoms in total. The first-order valence-corrected chi connectivity index (χ1v) is 6.29. The molecule has 0 rings (SSSR count). The van der Waals surface area contributed by atoms with E-state index in [2.05, 4.69) is 19.1 Å². The Morgan fingerprint density at radius 2 is 1.44 bits per heavy atom. The molecule has 0 spiro atoms. The normalized spacial score (nSPS) is 13.8. The highest BCUT2D eigenvalue weighted by Gasteiger charge is 2.14. The van der Waals surface area contributed by atoms with E-state index >= 15 is 0 Å². The maximum absolute atomic E-state index is 5.62. The summed E-state index contributed by atoms with van der Waals surface area (Å²) < 4.78 is 16.6. The Hall–Kier alpha value is -0.380. The van der Waals surface area contributed by atoms with Gasteiger partial charge in [-0.1, -0.05) is 19.1 Å². The molecule has 0 aliphatic heterocycles. The molecule has 0 fully saturated rings. The highest BCUT2D eigenvalue weighted by molar-refractivity contribution is 4.89. The van der Waals surface area contributed by atoms with E-state index in [0.717, 1.165) is 12.8 Å². The first kappa shape index (κ1) is 15.6. The van der Waals surface area contributed by atoms with Crippen LogP contribution in [0.2, 0.25) is 0 Å². The van der Waals surface area contributed by atoms with Crippen molar-refractivity contribution >= 4 is 0 Å². The van der Waals surface area contributed by atoms with Crippen LogP contribution in [0, 0.1) is 0 Å². The van der Waals surface area contributed by atoms with Crippen molar-refractivity contribution in [3.8, 4) is 0 Å². The number of hydrogen-bond donors (Lipinski definition) is 0. The van der Waals surface area contributed by atoms with Gasteiger partial charge in [0.1, 0.15) is 0 Å². The molecule has 3 heteroatoms. The highest BCUT2D eigenvalue weighted by Crippen LogP contribution is 2.10. The number of allylic oxidation sites excluding steroid dienone is 1. The molecule has 0 N–H and O–H groups in total. The van der Waals surface area contributed by atoms with Gasteiger partial charge >= 0.3 is 0 Å². The van der Waals surface area contributed by atoms with Gasteiger partial charge < -0.3 is 14.2 Å². The van der Waals surface area contributed by atoms with Gasteiger partial charge in [0.15, 0.2) is 6.29 Å². The molecule has 0 bridgehead atoms. The Balaban J connectivity index is 4.13. The maximum Gasteiger partial charge on any atom is 0.160 e. The van der Waals surface area contributed by atoms with E-state index < -0.39 is 0 Å². The van der Waals surface area contributed by atoms with Crippen LogP contribution in [0.15, 0.2) is 12.2 Å². The summed E-state index contributed by atoms with van der Waals surface area (Å²) in [6.45, 7) is 10.1. The van der Waals surface area contributed by atoms with Crippen LogP contribution in [-0.4, -0.2) is 32.2 Å². The first-order chi connectivity index (χ1) is 7.78. The molecule has 0 saturated heterocycles. The molecule has 0 heterocycles. The Morgan fingerprint density at radius 3 is 1.88 bits per heavy atom. The second-order valence-electron chi connectivity index (χ2n) is 3.41. The maximum atomic E-state index is 5.62. The summed E-state index contributed by atoms with van der Waals surface area (Å²) in [6.07, 6.45) is 5.92. The lowest BCUT2D eigenvalue weighted by atomic mass is 10.2. The summed E-state index contributed by atoms with van der Waals surface area (Å²) in [5.74, 6) is 0. The highest BCUT2D eigenvalue weighted by atomic mass is 16.7. The van der Waals surface area contributed by atoms with Crippen LogP contribution in [0.25, 0.3) is 0 Å². The molecule has 0 aliphatic carbocycles. The molecule has 96 valence electrons. The fourth-order valence-electron chi connectivity index (χ4n) is 1.45. The van der Waals surface area contributed by atoms with Crippen molar-refractivity contribution in [3.63, 3.8) is 0 Å². The standard InChI is InChI=1S/C13H26O3/c1-5-9-10-12(14-6-2)11-13(15-7-3)16-8-4/h9-10,12-13H,5-8,11H2,1-4H3/b10-9+. The van der Waals surface area contributed by atoms with Crippen molar-refractivity contribution in [1.82, 2.24) is 0 Å². The fraction of sp³-hybridized carbons (Fsp3) is 0.846. The van der Waals surface area contributed by atoms with Crippen molar-refractivity contribution < 1.29 is 14.2 Å². The minimum absolute atomic E-state index is 0.0908. The molecule has 1 atom stereocenters. The minimum atomic E-state index is -0.159. The molecular weight excluding hydrogens is 204 g/mol. The van der Waals surface area contributed by atoms with E-state index in [4.69, 9.17) is 14.2 Å². The van der Waals surface area contributed by atoms with E-state index in [0.29, 0.717) is 19.8 Å². The monoisotopic (exact) mass is 230 g/mol. The molecule has 0 amide bonds. The topological polar surface area (TPSA) is 27.7 Å². The Bertz CT molecular complexity index is 163. The third kappa shape index (κ3) is 7.85. The summed E-state index contributed by atoms with van der Waals surface area (Å²) in [7, 11) is 0. The minimum Gasteiger partial charge on any atom is -0.374 e. The van der Waals surface area contributed by atoms with Crippen molar-refractivity contribution in [3.05, 3.63) is 12.2 Å². The molecule has 16 heavy (non-hydrogen) atoms. The lowest BCUT2D eigenvalue weighted by Crippen LogP contribution is -2.24. The van der Waals surface area contributed by atoms with Gasteiger partial charge in [0, 0.05) is 26.2 Å². The number of ether oxygens (including phenoxy) is 3. The van der Waals surface area contributed by atoms with Crippen molar-refractivity contribution in [2.24, 2.45) is 0 Å². The van der Waals surface area contributed by atoms with Crippen molar-refractivity contribution in [2.45, 2.75) is 52.9 Å².